The molecule has 0 radical (unpaired) electrons. The van der Waals surface area contributed by atoms with Crippen LogP contribution in [-0.2, 0) is 11.3 Å². The van der Waals surface area contributed by atoms with Gasteiger partial charge < -0.3 is 10.1 Å². The molecule has 1 unspecified atom stereocenters. The Labute approximate surface area is 168 Å². The first kappa shape index (κ1) is 19.3. The van der Waals surface area contributed by atoms with Crippen molar-refractivity contribution in [3.05, 3.63) is 77.7 Å². The van der Waals surface area contributed by atoms with Crippen LogP contribution in [0.25, 0.3) is 11.3 Å². The van der Waals surface area contributed by atoms with E-state index in [1.165, 1.54) is 23.9 Å². The number of hydrogen-bond donors (Lipinski definition) is 2. The van der Waals surface area contributed by atoms with Crippen molar-refractivity contribution >= 4 is 5.91 Å². The molecular formula is C22H23FN4O2. The van der Waals surface area contributed by atoms with E-state index in [2.05, 4.69) is 32.5 Å². The number of morpholine rings is 1. The Bertz CT molecular complexity index is 943. The third-order valence-corrected chi connectivity index (χ3v) is 4.98. The monoisotopic (exact) mass is 394 g/mol. The number of ether oxygens (including phenoxy) is 1. The number of nitrogens with one attached hydrogen (secondary N) is 2. The fourth-order valence-electron chi connectivity index (χ4n) is 3.49. The molecule has 2 aromatic carbocycles. The van der Waals surface area contributed by atoms with E-state index in [1.807, 2.05) is 18.2 Å². The normalized spacial score (nSPS) is 17.2. The molecule has 7 heteroatoms. The lowest BCUT2D eigenvalue weighted by molar-refractivity contribution is -0.0292. The molecular weight excluding hydrogens is 371 g/mol. The molecule has 4 rings (SSSR count). The Morgan fingerprint density at radius 3 is 2.79 bits per heavy atom. The maximum Gasteiger partial charge on any atom is 0.255 e. The molecule has 3 aromatic rings. The minimum Gasteiger partial charge on any atom is -0.374 e. The zero-order chi connectivity index (χ0) is 20.1. The minimum absolute atomic E-state index is 0.0717. The third-order valence-electron chi connectivity index (χ3n) is 4.98. The van der Waals surface area contributed by atoms with Gasteiger partial charge in [0.2, 0.25) is 0 Å². The molecule has 2 N–H and O–H groups in total. The molecule has 1 atom stereocenters. The van der Waals surface area contributed by atoms with Crippen molar-refractivity contribution in [1.82, 2.24) is 20.4 Å². The smallest absolute Gasteiger partial charge is 0.255 e. The van der Waals surface area contributed by atoms with Gasteiger partial charge in [-0.1, -0.05) is 30.3 Å². The molecule has 0 aliphatic carbocycles. The van der Waals surface area contributed by atoms with Gasteiger partial charge in [0.05, 0.1) is 30.2 Å². The second-order valence-corrected chi connectivity index (χ2v) is 7.09. The van der Waals surface area contributed by atoms with Gasteiger partial charge in [-0.3, -0.25) is 14.8 Å². The maximum absolute atomic E-state index is 13.2. The summed E-state index contributed by atoms with van der Waals surface area (Å²) in [4.78, 5) is 15.0. The molecule has 0 spiro atoms. The molecule has 1 aliphatic rings. The third kappa shape index (κ3) is 4.88. The molecule has 1 fully saturated rings. The molecule has 1 saturated heterocycles. The maximum atomic E-state index is 13.2. The van der Waals surface area contributed by atoms with Crippen LogP contribution in [0.5, 0.6) is 0 Å². The van der Waals surface area contributed by atoms with E-state index < -0.39 is 0 Å². The van der Waals surface area contributed by atoms with Crippen molar-refractivity contribution < 1.29 is 13.9 Å². The molecule has 29 heavy (non-hydrogen) atoms. The van der Waals surface area contributed by atoms with Crippen molar-refractivity contribution in [3.63, 3.8) is 0 Å². The average molecular weight is 394 g/mol. The average Bonchev–Trinajstić information content (AvgIpc) is 3.24. The van der Waals surface area contributed by atoms with Crippen LogP contribution < -0.4 is 5.32 Å². The molecule has 2 heterocycles. The van der Waals surface area contributed by atoms with Gasteiger partial charge in [0.25, 0.3) is 5.91 Å². The number of rotatable bonds is 6. The Kier molecular flexibility index (Phi) is 5.97. The van der Waals surface area contributed by atoms with Gasteiger partial charge in [0, 0.05) is 31.7 Å². The first-order valence-corrected chi connectivity index (χ1v) is 9.64. The standard InChI is InChI=1S/C22H23FN4O2/c23-18-8-6-17(7-9-18)21-20(13-25-26-21)22(28)24-12-19-15-27(10-11-29-19)14-16-4-2-1-3-5-16/h1-9,13,19H,10-12,14-15H2,(H,24,28)(H,25,26). The topological polar surface area (TPSA) is 70.2 Å². The van der Waals surface area contributed by atoms with Crippen molar-refractivity contribution in [1.29, 1.82) is 0 Å². The van der Waals surface area contributed by atoms with E-state index in [4.69, 9.17) is 4.74 Å². The number of amides is 1. The largest absolute Gasteiger partial charge is 0.374 e. The van der Waals surface area contributed by atoms with Crippen LogP contribution in [0, 0.1) is 5.82 Å². The van der Waals surface area contributed by atoms with Gasteiger partial charge in [-0.2, -0.15) is 5.10 Å². The number of nitrogens with zero attached hydrogens (tertiary/aromatic N) is 2. The van der Waals surface area contributed by atoms with Gasteiger partial charge >= 0.3 is 0 Å². The Morgan fingerprint density at radius 2 is 2.00 bits per heavy atom. The van der Waals surface area contributed by atoms with E-state index in [9.17, 15) is 9.18 Å². The second-order valence-electron chi connectivity index (χ2n) is 7.09. The first-order valence-electron chi connectivity index (χ1n) is 9.64. The number of benzene rings is 2. The van der Waals surface area contributed by atoms with Crippen molar-refractivity contribution in [2.75, 3.05) is 26.2 Å². The van der Waals surface area contributed by atoms with Crippen LogP contribution in [0.4, 0.5) is 4.39 Å². The van der Waals surface area contributed by atoms with Crippen LogP contribution >= 0.6 is 0 Å². The number of H-pyrrole nitrogens is 1. The molecule has 0 saturated carbocycles. The van der Waals surface area contributed by atoms with Gasteiger partial charge in [0.1, 0.15) is 5.82 Å². The predicted molar refractivity (Wildman–Crippen MR) is 108 cm³/mol. The van der Waals surface area contributed by atoms with Gasteiger partial charge in [-0.05, 0) is 29.8 Å². The molecule has 1 aliphatic heterocycles. The summed E-state index contributed by atoms with van der Waals surface area (Å²) in [5.41, 5.74) is 2.96. The van der Waals surface area contributed by atoms with E-state index in [-0.39, 0.29) is 17.8 Å². The molecule has 0 bridgehead atoms. The summed E-state index contributed by atoms with van der Waals surface area (Å²) in [6.45, 7) is 3.55. The minimum atomic E-state index is -0.325. The highest BCUT2D eigenvalue weighted by Gasteiger charge is 2.22. The van der Waals surface area contributed by atoms with Crippen molar-refractivity contribution in [2.24, 2.45) is 0 Å². The van der Waals surface area contributed by atoms with Crippen LogP contribution in [0.2, 0.25) is 0 Å². The Balaban J connectivity index is 1.34. The lowest BCUT2D eigenvalue weighted by atomic mass is 10.1. The number of hydrogen-bond acceptors (Lipinski definition) is 4. The fraction of sp³-hybridized carbons (Fsp3) is 0.273. The SMILES string of the molecule is O=C(NCC1CN(Cc2ccccc2)CCO1)c1cn[nH]c1-c1ccc(F)cc1. The summed E-state index contributed by atoms with van der Waals surface area (Å²) in [5, 5.41) is 9.73. The highest BCUT2D eigenvalue weighted by Crippen LogP contribution is 2.21. The summed E-state index contributed by atoms with van der Waals surface area (Å²) in [6.07, 6.45) is 1.41. The van der Waals surface area contributed by atoms with Gasteiger partial charge in [-0.25, -0.2) is 4.39 Å². The zero-order valence-electron chi connectivity index (χ0n) is 16.0. The van der Waals surface area contributed by atoms with Crippen LogP contribution in [0.1, 0.15) is 15.9 Å². The molecule has 1 aromatic heterocycles. The summed E-state index contributed by atoms with van der Waals surface area (Å²) >= 11 is 0. The van der Waals surface area contributed by atoms with Gasteiger partial charge in [0.15, 0.2) is 0 Å². The Morgan fingerprint density at radius 1 is 1.21 bits per heavy atom. The van der Waals surface area contributed by atoms with E-state index in [0.29, 0.717) is 30.0 Å². The van der Waals surface area contributed by atoms with E-state index in [0.717, 1.165) is 19.6 Å². The highest BCUT2D eigenvalue weighted by atomic mass is 19.1. The number of carbonyl (C=O) groups excluding carboxylic acids is 1. The number of aromatic amines is 1. The number of halogens is 1. The lowest BCUT2D eigenvalue weighted by Crippen LogP contribution is -2.47. The predicted octanol–water partition coefficient (Wildman–Crippen LogP) is 2.85. The quantitative estimate of drug-likeness (QED) is 0.675. The zero-order valence-corrected chi connectivity index (χ0v) is 16.0. The van der Waals surface area contributed by atoms with E-state index >= 15 is 0 Å². The van der Waals surface area contributed by atoms with Gasteiger partial charge in [-0.15, -0.1) is 0 Å². The first-order chi connectivity index (χ1) is 14.2. The number of carbonyl (C=O) groups is 1. The lowest BCUT2D eigenvalue weighted by Gasteiger charge is -2.33. The van der Waals surface area contributed by atoms with Crippen LogP contribution in [0.15, 0.2) is 60.8 Å². The summed E-state index contributed by atoms with van der Waals surface area (Å²) in [6, 6.07) is 16.3. The molecule has 150 valence electrons. The van der Waals surface area contributed by atoms with Crippen LogP contribution in [0.3, 0.4) is 0 Å². The highest BCUT2D eigenvalue weighted by molar-refractivity contribution is 5.99. The Hall–Kier alpha value is -3.03. The van der Waals surface area contributed by atoms with Crippen molar-refractivity contribution in [2.45, 2.75) is 12.6 Å². The molecule has 6 nitrogen and oxygen atoms in total. The summed E-state index contributed by atoms with van der Waals surface area (Å²) in [7, 11) is 0. The fourth-order valence-corrected chi connectivity index (χ4v) is 3.49. The van der Waals surface area contributed by atoms with E-state index in [1.54, 1.807) is 12.1 Å². The number of aromatic nitrogens is 2. The second kappa shape index (κ2) is 8.98. The summed E-state index contributed by atoms with van der Waals surface area (Å²) in [5.74, 6) is -0.560. The van der Waals surface area contributed by atoms with Crippen LogP contribution in [-0.4, -0.2) is 53.3 Å². The molecule has 1 amide bonds. The summed E-state index contributed by atoms with van der Waals surface area (Å²) < 4.78 is 19.0. The van der Waals surface area contributed by atoms with Crippen molar-refractivity contribution in [3.8, 4) is 11.3 Å².